The first-order chi connectivity index (χ1) is 16.1. The Morgan fingerprint density at radius 2 is 2.03 bits per heavy atom. The number of nitriles is 1. The highest BCUT2D eigenvalue weighted by molar-refractivity contribution is 6.76. The van der Waals surface area contributed by atoms with E-state index >= 15 is 0 Å². The van der Waals surface area contributed by atoms with Crippen LogP contribution in [0.5, 0.6) is 0 Å². The van der Waals surface area contributed by atoms with Crippen molar-refractivity contribution in [2.75, 3.05) is 6.61 Å². The second-order valence-corrected chi connectivity index (χ2v) is 16.5. The van der Waals surface area contributed by atoms with E-state index in [9.17, 15) is 10.4 Å². The highest BCUT2D eigenvalue weighted by atomic mass is 28.3. The third-order valence-electron chi connectivity index (χ3n) is 7.07. The van der Waals surface area contributed by atoms with Gasteiger partial charge in [0.2, 0.25) is 0 Å². The summed E-state index contributed by atoms with van der Waals surface area (Å²) in [5.41, 5.74) is 6.37. The molecule has 1 unspecified atom stereocenters. The molecule has 2 aromatic heterocycles. The highest BCUT2D eigenvalue weighted by Crippen LogP contribution is 2.46. The molecule has 4 aromatic rings. The lowest BCUT2D eigenvalue weighted by atomic mass is 9.76. The molecule has 34 heavy (non-hydrogen) atoms. The van der Waals surface area contributed by atoms with Gasteiger partial charge in [0.1, 0.15) is 18.2 Å². The van der Waals surface area contributed by atoms with Gasteiger partial charge in [0.25, 0.3) is 0 Å². The third kappa shape index (κ3) is 3.67. The third-order valence-corrected chi connectivity index (χ3v) is 8.77. The Morgan fingerprint density at radius 1 is 1.24 bits per heavy atom. The summed E-state index contributed by atoms with van der Waals surface area (Å²) in [6.45, 7) is 12.1. The molecule has 0 spiro atoms. The van der Waals surface area contributed by atoms with Crippen LogP contribution in [0.4, 0.5) is 0 Å². The Balaban J connectivity index is 1.68. The maximum atomic E-state index is 12.4. The minimum Gasteiger partial charge on any atom is -0.377 e. The molecule has 0 aliphatic heterocycles. The molecule has 0 fully saturated rings. The number of ether oxygens (including phenoxy) is 1. The van der Waals surface area contributed by atoms with Crippen molar-refractivity contribution >= 4 is 30.0 Å². The maximum absolute atomic E-state index is 12.4. The van der Waals surface area contributed by atoms with E-state index in [1.807, 2.05) is 16.7 Å². The van der Waals surface area contributed by atoms with E-state index in [1.54, 1.807) is 6.07 Å². The highest BCUT2D eigenvalue weighted by Gasteiger charge is 2.43. The normalized spacial score (nSPS) is 18.0. The molecule has 0 saturated carbocycles. The van der Waals surface area contributed by atoms with E-state index in [2.05, 4.69) is 56.8 Å². The zero-order chi connectivity index (χ0) is 24.3. The number of fused-ring (bicyclic) bond motifs is 1. The molecule has 0 bridgehead atoms. The lowest BCUT2D eigenvalue weighted by molar-refractivity contribution is 0.0379. The number of imidazole rings is 1. The molecule has 0 amide bonds. The van der Waals surface area contributed by atoms with E-state index in [0.717, 1.165) is 45.5 Å². The van der Waals surface area contributed by atoms with Gasteiger partial charge in [0.05, 0.1) is 22.7 Å². The molecule has 1 aliphatic carbocycles. The number of nitrogens with zero attached hydrogens (tertiary/aromatic N) is 3. The van der Waals surface area contributed by atoms with Gasteiger partial charge in [-0.3, -0.25) is 0 Å². The van der Waals surface area contributed by atoms with Gasteiger partial charge in [-0.2, -0.15) is 5.26 Å². The zero-order valence-electron chi connectivity index (χ0n) is 20.6. The topological polar surface area (TPSA) is 86.9 Å². The van der Waals surface area contributed by atoms with Crippen LogP contribution >= 0.6 is 0 Å². The smallest absolute Gasteiger partial charge is 0.148 e. The fraction of sp³-hybridized carbons (Fsp3) is 0.407. The summed E-state index contributed by atoms with van der Waals surface area (Å²) in [6.07, 6.45) is 3.37. The van der Waals surface area contributed by atoms with Crippen LogP contribution in [-0.2, 0) is 23.5 Å². The number of aromatic amines is 1. The molecular weight excluding hydrogens is 440 g/mol. The molecule has 5 rings (SSSR count). The molecule has 2 N–H and O–H groups in total. The van der Waals surface area contributed by atoms with Crippen molar-refractivity contribution in [3.63, 3.8) is 0 Å². The zero-order valence-corrected chi connectivity index (χ0v) is 21.6. The Hall–Kier alpha value is -2.92. The SMILES string of the molecule is Cc1cc(C)c2[nH]cc3c2c1C(O)(c1nc2ccc(C#N)cc2n1COCC[Si](C)(C)C)CC3. The molecule has 2 aromatic carbocycles. The van der Waals surface area contributed by atoms with Gasteiger partial charge in [0.15, 0.2) is 0 Å². The molecule has 2 heterocycles. The van der Waals surface area contributed by atoms with Crippen molar-refractivity contribution in [2.24, 2.45) is 0 Å². The Kier molecular flexibility index (Phi) is 5.43. The van der Waals surface area contributed by atoms with Gasteiger partial charge >= 0.3 is 0 Å². The number of rotatable bonds is 6. The van der Waals surface area contributed by atoms with Crippen molar-refractivity contribution < 1.29 is 9.84 Å². The fourth-order valence-corrected chi connectivity index (χ4v) is 6.05. The Bertz CT molecular complexity index is 1450. The van der Waals surface area contributed by atoms with Crippen molar-refractivity contribution in [3.05, 3.63) is 64.1 Å². The van der Waals surface area contributed by atoms with Crippen molar-refractivity contribution in [1.82, 2.24) is 14.5 Å². The molecular formula is C27H32N4O2Si. The number of hydrogen-bond donors (Lipinski definition) is 2. The Labute approximate surface area is 201 Å². The van der Waals surface area contributed by atoms with Gasteiger partial charge < -0.3 is 19.4 Å². The second kappa shape index (κ2) is 8.09. The van der Waals surface area contributed by atoms with Crippen molar-refractivity contribution in [2.45, 2.75) is 64.7 Å². The molecule has 7 heteroatoms. The number of aryl methyl sites for hydroxylation is 3. The summed E-state index contributed by atoms with van der Waals surface area (Å²) in [7, 11) is -1.23. The number of aliphatic hydroxyl groups is 1. The lowest BCUT2D eigenvalue weighted by Gasteiger charge is -2.34. The number of nitrogens with one attached hydrogen (secondary N) is 1. The molecule has 176 valence electrons. The van der Waals surface area contributed by atoms with Crippen LogP contribution in [0.25, 0.3) is 21.9 Å². The van der Waals surface area contributed by atoms with E-state index in [-0.39, 0.29) is 0 Å². The van der Waals surface area contributed by atoms with Gasteiger partial charge in [-0.25, -0.2) is 4.98 Å². The lowest BCUT2D eigenvalue weighted by Crippen LogP contribution is -2.35. The molecule has 1 atom stereocenters. The van der Waals surface area contributed by atoms with Crippen LogP contribution in [0.3, 0.4) is 0 Å². The average molecular weight is 473 g/mol. The fourth-order valence-electron chi connectivity index (χ4n) is 5.29. The first-order valence-corrected chi connectivity index (χ1v) is 15.6. The van der Waals surface area contributed by atoms with Crippen molar-refractivity contribution in [1.29, 1.82) is 5.26 Å². The van der Waals surface area contributed by atoms with E-state index < -0.39 is 13.7 Å². The van der Waals surface area contributed by atoms with E-state index in [4.69, 9.17) is 9.72 Å². The minimum absolute atomic E-state index is 0.293. The summed E-state index contributed by atoms with van der Waals surface area (Å²) in [5.74, 6) is 0.589. The predicted molar refractivity (Wildman–Crippen MR) is 138 cm³/mol. The summed E-state index contributed by atoms with van der Waals surface area (Å²) in [5, 5.41) is 23.0. The standard InChI is InChI=1S/C27H32N4O2Si/c1-17-12-18(2)25-23-20(15-29-25)8-9-27(32,24(17)23)26-30-21-7-6-19(14-28)13-22(21)31(26)16-33-10-11-34(3,4)5/h6-7,12-13,15,29,32H,8-11,16H2,1-5H3. The number of benzene rings is 2. The summed E-state index contributed by atoms with van der Waals surface area (Å²) in [4.78, 5) is 8.36. The van der Waals surface area contributed by atoms with Gasteiger partial charge in [-0.15, -0.1) is 0 Å². The maximum Gasteiger partial charge on any atom is 0.148 e. The van der Waals surface area contributed by atoms with Gasteiger partial charge in [0, 0.05) is 37.3 Å². The molecule has 1 aliphatic rings. The first-order valence-electron chi connectivity index (χ1n) is 11.9. The second-order valence-electron chi connectivity index (χ2n) is 10.8. The summed E-state index contributed by atoms with van der Waals surface area (Å²) in [6, 6.07) is 10.9. The van der Waals surface area contributed by atoms with Crippen LogP contribution in [-0.4, -0.2) is 34.3 Å². The molecule has 6 nitrogen and oxygen atoms in total. The predicted octanol–water partition coefficient (Wildman–Crippen LogP) is 5.50. The number of aromatic nitrogens is 3. The first kappa shape index (κ1) is 22.8. The monoisotopic (exact) mass is 472 g/mol. The number of hydrogen-bond acceptors (Lipinski definition) is 4. The van der Waals surface area contributed by atoms with Crippen molar-refractivity contribution in [3.8, 4) is 6.07 Å². The van der Waals surface area contributed by atoms with Crippen LogP contribution in [0.15, 0.2) is 30.5 Å². The van der Waals surface area contributed by atoms with Gasteiger partial charge in [-0.05, 0) is 67.6 Å². The van der Waals surface area contributed by atoms with Crippen LogP contribution in [0, 0.1) is 25.2 Å². The van der Waals surface area contributed by atoms with Crippen LogP contribution < -0.4 is 0 Å². The van der Waals surface area contributed by atoms with Gasteiger partial charge in [-0.1, -0.05) is 25.7 Å². The molecule has 0 radical (unpaired) electrons. The van der Waals surface area contributed by atoms with E-state index in [1.165, 1.54) is 11.1 Å². The quantitative estimate of drug-likeness (QED) is 0.286. The Morgan fingerprint density at radius 3 is 2.76 bits per heavy atom. The van der Waals surface area contributed by atoms with Crippen LogP contribution in [0.1, 0.15) is 40.1 Å². The minimum atomic E-state index is -1.25. The molecule has 0 saturated heterocycles. The van der Waals surface area contributed by atoms with E-state index in [0.29, 0.717) is 31.1 Å². The largest absolute Gasteiger partial charge is 0.377 e. The average Bonchev–Trinajstić information content (AvgIpc) is 3.37. The summed E-state index contributed by atoms with van der Waals surface area (Å²) >= 11 is 0. The summed E-state index contributed by atoms with van der Waals surface area (Å²) < 4.78 is 8.12. The number of H-pyrrole nitrogens is 1. The van der Waals surface area contributed by atoms with Crippen LogP contribution in [0.2, 0.25) is 25.7 Å².